The fourth-order valence-corrected chi connectivity index (χ4v) is 4.23. The van der Waals surface area contributed by atoms with Crippen molar-refractivity contribution >= 4 is 11.0 Å². The highest BCUT2D eigenvalue weighted by Gasteiger charge is 2.28. The number of ether oxygens (including phenoxy) is 1. The number of aromatic nitrogens is 2. The highest BCUT2D eigenvalue weighted by Crippen LogP contribution is 2.30. The number of hydrogen-bond acceptors (Lipinski definition) is 4. The van der Waals surface area contributed by atoms with Gasteiger partial charge in [-0.15, -0.1) is 0 Å². The van der Waals surface area contributed by atoms with Crippen molar-refractivity contribution in [1.82, 2.24) is 14.7 Å². The number of morpholine rings is 1. The molecule has 0 bridgehead atoms. The van der Waals surface area contributed by atoms with Crippen LogP contribution in [0.4, 0.5) is 0 Å². The van der Waals surface area contributed by atoms with Crippen LogP contribution in [0, 0.1) is 0 Å². The van der Waals surface area contributed by atoms with E-state index in [0.717, 1.165) is 55.2 Å². The highest BCUT2D eigenvalue weighted by atomic mass is 16.5. The Labute approximate surface area is 176 Å². The molecule has 1 aliphatic rings. The van der Waals surface area contributed by atoms with Crippen LogP contribution in [0.3, 0.4) is 0 Å². The fourth-order valence-electron chi connectivity index (χ4n) is 4.23. The smallest absolute Gasteiger partial charge is 0.156 e. The predicted octanol–water partition coefficient (Wildman–Crippen LogP) is 4.96. The summed E-state index contributed by atoms with van der Waals surface area (Å²) in [6.45, 7) is 8.45. The molecule has 154 valence electrons. The molecule has 3 heterocycles. The topological polar surface area (TPSA) is 43.4 Å². The summed E-state index contributed by atoms with van der Waals surface area (Å²) in [6.07, 6.45) is 2.16. The van der Waals surface area contributed by atoms with E-state index in [1.54, 1.807) is 0 Å². The lowest BCUT2D eigenvalue weighted by atomic mass is 10.1. The number of furan rings is 1. The summed E-state index contributed by atoms with van der Waals surface area (Å²) in [4.78, 5) is 2.44. The lowest BCUT2D eigenvalue weighted by molar-refractivity contribution is -0.0882. The van der Waals surface area contributed by atoms with Gasteiger partial charge in [-0.3, -0.25) is 9.58 Å². The molecular weight excluding hydrogens is 374 g/mol. The number of hydrogen-bond donors (Lipinski definition) is 0. The van der Waals surface area contributed by atoms with Crippen LogP contribution >= 0.6 is 0 Å². The molecule has 2 aromatic heterocycles. The third-order valence-electron chi connectivity index (χ3n) is 5.58. The van der Waals surface area contributed by atoms with Crippen LogP contribution in [-0.2, 0) is 17.8 Å². The van der Waals surface area contributed by atoms with Gasteiger partial charge in [0.15, 0.2) is 5.76 Å². The van der Waals surface area contributed by atoms with Crippen LogP contribution in [0.25, 0.3) is 22.4 Å². The van der Waals surface area contributed by atoms with Gasteiger partial charge in [0.05, 0.1) is 18.8 Å². The molecule has 0 aliphatic carbocycles. The second kappa shape index (κ2) is 7.74. The molecule has 0 spiro atoms. The first-order valence-electron chi connectivity index (χ1n) is 10.5. The maximum absolute atomic E-state index is 6.17. The monoisotopic (exact) mass is 401 g/mol. The van der Waals surface area contributed by atoms with Crippen molar-refractivity contribution < 1.29 is 9.15 Å². The Hall–Kier alpha value is -2.89. The summed E-state index contributed by atoms with van der Waals surface area (Å²) in [5, 5.41) is 6.04. The van der Waals surface area contributed by atoms with E-state index < -0.39 is 0 Å². The van der Waals surface area contributed by atoms with E-state index in [1.165, 1.54) is 11.1 Å². The fraction of sp³-hybridized carbons (Fsp3) is 0.320. The number of rotatable bonds is 5. The van der Waals surface area contributed by atoms with Gasteiger partial charge in [-0.05, 0) is 31.5 Å². The largest absolute Gasteiger partial charge is 0.454 e. The third kappa shape index (κ3) is 4.04. The molecule has 5 nitrogen and oxygen atoms in total. The second-order valence-corrected chi connectivity index (χ2v) is 8.65. The van der Waals surface area contributed by atoms with Gasteiger partial charge in [-0.25, -0.2) is 0 Å². The molecule has 0 radical (unpaired) electrons. The summed E-state index contributed by atoms with van der Waals surface area (Å²) < 4.78 is 14.1. The van der Waals surface area contributed by atoms with Crippen LogP contribution in [0.2, 0.25) is 0 Å². The minimum absolute atomic E-state index is 0.127. The van der Waals surface area contributed by atoms with Gasteiger partial charge in [0.25, 0.3) is 0 Å². The molecule has 0 amide bonds. The Bertz CT molecular complexity index is 1110. The van der Waals surface area contributed by atoms with Crippen molar-refractivity contribution in [3.05, 3.63) is 78.0 Å². The van der Waals surface area contributed by atoms with E-state index in [-0.39, 0.29) is 5.60 Å². The molecule has 2 aromatic carbocycles. The van der Waals surface area contributed by atoms with Crippen molar-refractivity contribution in [2.75, 3.05) is 19.7 Å². The van der Waals surface area contributed by atoms with Gasteiger partial charge in [0.2, 0.25) is 0 Å². The minimum Gasteiger partial charge on any atom is -0.454 e. The van der Waals surface area contributed by atoms with E-state index >= 15 is 0 Å². The van der Waals surface area contributed by atoms with Crippen molar-refractivity contribution in [3.8, 4) is 11.5 Å². The summed E-state index contributed by atoms with van der Waals surface area (Å²) >= 11 is 0. The number of benzene rings is 2. The SMILES string of the molecule is CC1(C)CN(Cc2cn(Cc3ccccc3)nc2-c2cc3ccccc3o2)CCO1. The van der Waals surface area contributed by atoms with Crippen molar-refractivity contribution in [3.63, 3.8) is 0 Å². The Kier molecular flexibility index (Phi) is 4.93. The quantitative estimate of drug-likeness (QED) is 0.474. The first-order chi connectivity index (χ1) is 14.6. The Morgan fingerprint density at radius 1 is 1.00 bits per heavy atom. The van der Waals surface area contributed by atoms with Crippen LogP contribution in [0.15, 0.2) is 71.3 Å². The Balaban J connectivity index is 1.50. The Morgan fingerprint density at radius 2 is 1.80 bits per heavy atom. The normalized spacial score (nSPS) is 16.9. The molecule has 0 unspecified atom stereocenters. The van der Waals surface area contributed by atoms with Gasteiger partial charge in [0.1, 0.15) is 11.3 Å². The molecular formula is C25H27N3O2. The molecule has 1 saturated heterocycles. The average Bonchev–Trinajstić information content (AvgIpc) is 3.31. The first-order valence-corrected chi connectivity index (χ1v) is 10.5. The zero-order chi connectivity index (χ0) is 20.6. The van der Waals surface area contributed by atoms with Crippen molar-refractivity contribution in [2.24, 2.45) is 0 Å². The molecule has 4 aromatic rings. The van der Waals surface area contributed by atoms with E-state index in [0.29, 0.717) is 0 Å². The van der Waals surface area contributed by atoms with Crippen molar-refractivity contribution in [2.45, 2.75) is 32.5 Å². The average molecular weight is 402 g/mol. The van der Waals surface area contributed by atoms with Gasteiger partial charge in [-0.1, -0.05) is 48.5 Å². The maximum Gasteiger partial charge on any atom is 0.156 e. The van der Waals surface area contributed by atoms with E-state index in [9.17, 15) is 0 Å². The van der Waals surface area contributed by atoms with Gasteiger partial charge >= 0.3 is 0 Å². The zero-order valence-electron chi connectivity index (χ0n) is 17.5. The molecule has 5 rings (SSSR count). The molecule has 30 heavy (non-hydrogen) atoms. The molecule has 0 N–H and O–H groups in total. The van der Waals surface area contributed by atoms with Gasteiger partial charge < -0.3 is 9.15 Å². The van der Waals surface area contributed by atoms with Crippen molar-refractivity contribution in [1.29, 1.82) is 0 Å². The van der Waals surface area contributed by atoms with Crippen LogP contribution in [0.1, 0.15) is 25.0 Å². The van der Waals surface area contributed by atoms with E-state index in [2.05, 4.69) is 61.3 Å². The Morgan fingerprint density at radius 3 is 2.60 bits per heavy atom. The summed E-state index contributed by atoms with van der Waals surface area (Å²) in [6, 6.07) is 20.6. The van der Waals surface area contributed by atoms with E-state index in [1.807, 2.05) is 28.9 Å². The lowest BCUT2D eigenvalue weighted by Crippen LogP contribution is -2.47. The summed E-state index contributed by atoms with van der Waals surface area (Å²) in [7, 11) is 0. The summed E-state index contributed by atoms with van der Waals surface area (Å²) in [5.41, 5.74) is 4.10. The maximum atomic E-state index is 6.17. The van der Waals surface area contributed by atoms with Crippen LogP contribution in [0.5, 0.6) is 0 Å². The molecule has 0 saturated carbocycles. The van der Waals surface area contributed by atoms with Gasteiger partial charge in [-0.2, -0.15) is 5.10 Å². The molecule has 1 aliphatic heterocycles. The molecule has 5 heteroatoms. The first kappa shape index (κ1) is 19.1. The number of para-hydroxylation sites is 1. The van der Waals surface area contributed by atoms with Gasteiger partial charge in [0, 0.05) is 36.8 Å². The summed E-state index contributed by atoms with van der Waals surface area (Å²) in [5.74, 6) is 0.825. The molecule has 1 fully saturated rings. The standard InChI is InChI=1S/C25H27N3O2/c1-25(2)18-27(12-13-29-25)16-21-17-28(15-19-8-4-3-5-9-19)26-24(21)23-14-20-10-6-7-11-22(20)30-23/h3-11,14,17H,12-13,15-16,18H2,1-2H3. The third-order valence-corrected chi connectivity index (χ3v) is 5.58. The van der Waals surface area contributed by atoms with Crippen LogP contribution < -0.4 is 0 Å². The highest BCUT2D eigenvalue weighted by molar-refractivity contribution is 5.82. The number of nitrogens with zero attached hydrogens (tertiary/aromatic N) is 3. The molecule has 0 atom stereocenters. The second-order valence-electron chi connectivity index (χ2n) is 8.65. The zero-order valence-corrected chi connectivity index (χ0v) is 17.5. The number of fused-ring (bicyclic) bond motifs is 1. The lowest BCUT2D eigenvalue weighted by Gasteiger charge is -2.38. The van der Waals surface area contributed by atoms with E-state index in [4.69, 9.17) is 14.3 Å². The van der Waals surface area contributed by atoms with Crippen LogP contribution in [-0.4, -0.2) is 40.0 Å². The predicted molar refractivity (Wildman–Crippen MR) is 118 cm³/mol. The minimum atomic E-state index is -0.127.